The maximum atomic E-state index is 12.2. The predicted octanol–water partition coefficient (Wildman–Crippen LogP) is 3.32. The van der Waals surface area contributed by atoms with Gasteiger partial charge in [0.2, 0.25) is 0 Å². The highest BCUT2D eigenvalue weighted by Gasteiger charge is 2.16. The molecule has 0 saturated carbocycles. The molecule has 3 nitrogen and oxygen atoms in total. The third kappa shape index (κ3) is 3.06. The Bertz CT molecular complexity index is 598. The molecular weight excluding hydrogens is 262 g/mol. The van der Waals surface area contributed by atoms with Gasteiger partial charge in [-0.05, 0) is 23.8 Å². The van der Waals surface area contributed by atoms with Crippen molar-refractivity contribution in [1.82, 2.24) is 4.90 Å². The highest BCUT2D eigenvalue weighted by Crippen LogP contribution is 2.20. The molecule has 2 rings (SSSR count). The Hall–Kier alpha value is -2.00. The average Bonchev–Trinajstić information content (AvgIpc) is 2.41. The van der Waals surface area contributed by atoms with Gasteiger partial charge in [0.05, 0.1) is 5.56 Å². The number of phenols is 1. The third-order valence-electron chi connectivity index (χ3n) is 2.85. The molecule has 1 N–H and O–H groups in total. The van der Waals surface area contributed by atoms with Gasteiger partial charge in [-0.2, -0.15) is 0 Å². The number of carbonyl (C=O) groups excluding carboxylic acids is 1. The number of benzene rings is 2. The zero-order valence-electron chi connectivity index (χ0n) is 10.5. The zero-order chi connectivity index (χ0) is 13.8. The van der Waals surface area contributed by atoms with Crippen molar-refractivity contribution in [3.8, 4) is 5.75 Å². The summed E-state index contributed by atoms with van der Waals surface area (Å²) < 4.78 is 0. The molecule has 0 aliphatic heterocycles. The molecule has 0 fully saturated rings. The fourth-order valence-electron chi connectivity index (χ4n) is 1.81. The molecule has 0 radical (unpaired) electrons. The molecule has 0 aliphatic rings. The van der Waals surface area contributed by atoms with Crippen LogP contribution in [0, 0.1) is 0 Å². The Labute approximate surface area is 117 Å². The molecule has 2 aromatic carbocycles. The Morgan fingerprint density at radius 2 is 1.79 bits per heavy atom. The number of para-hydroxylation sites is 1. The van der Waals surface area contributed by atoms with Crippen LogP contribution in [0.2, 0.25) is 5.02 Å². The van der Waals surface area contributed by atoms with Gasteiger partial charge < -0.3 is 10.0 Å². The van der Waals surface area contributed by atoms with E-state index < -0.39 is 0 Å². The summed E-state index contributed by atoms with van der Waals surface area (Å²) in [5.41, 5.74) is 1.16. The molecule has 98 valence electrons. The number of nitrogens with zero attached hydrogens (tertiary/aromatic N) is 1. The molecule has 0 heterocycles. The van der Waals surface area contributed by atoms with E-state index in [-0.39, 0.29) is 17.2 Å². The van der Waals surface area contributed by atoms with E-state index >= 15 is 0 Å². The van der Waals surface area contributed by atoms with E-state index in [0.717, 1.165) is 5.56 Å². The Kier molecular flexibility index (Phi) is 4.07. The quantitative estimate of drug-likeness (QED) is 0.933. The van der Waals surface area contributed by atoms with Gasteiger partial charge >= 0.3 is 0 Å². The van der Waals surface area contributed by atoms with E-state index in [1.165, 1.54) is 11.0 Å². The van der Waals surface area contributed by atoms with Crippen LogP contribution in [0.15, 0.2) is 48.5 Å². The normalized spacial score (nSPS) is 10.2. The van der Waals surface area contributed by atoms with Crippen LogP contribution in [-0.4, -0.2) is 23.0 Å². The highest BCUT2D eigenvalue weighted by atomic mass is 35.5. The van der Waals surface area contributed by atoms with Crippen molar-refractivity contribution in [3.63, 3.8) is 0 Å². The topological polar surface area (TPSA) is 40.5 Å². The summed E-state index contributed by atoms with van der Waals surface area (Å²) in [7, 11) is 1.68. The smallest absolute Gasteiger partial charge is 0.257 e. The second kappa shape index (κ2) is 5.76. The van der Waals surface area contributed by atoms with Gasteiger partial charge in [0.1, 0.15) is 5.75 Å². The van der Waals surface area contributed by atoms with Crippen molar-refractivity contribution in [3.05, 3.63) is 64.7 Å². The van der Waals surface area contributed by atoms with Gasteiger partial charge in [0.15, 0.2) is 0 Å². The minimum absolute atomic E-state index is 0.0153. The van der Waals surface area contributed by atoms with E-state index in [9.17, 15) is 9.90 Å². The summed E-state index contributed by atoms with van der Waals surface area (Å²) in [5.74, 6) is -0.253. The van der Waals surface area contributed by atoms with Crippen molar-refractivity contribution in [1.29, 1.82) is 0 Å². The van der Waals surface area contributed by atoms with Gasteiger partial charge in [-0.1, -0.05) is 41.9 Å². The van der Waals surface area contributed by atoms with E-state index in [4.69, 9.17) is 11.6 Å². The van der Waals surface area contributed by atoms with E-state index in [1.54, 1.807) is 31.3 Å². The summed E-state index contributed by atoms with van der Waals surface area (Å²) in [4.78, 5) is 13.7. The first kappa shape index (κ1) is 13.4. The maximum absolute atomic E-state index is 12.2. The number of hydrogen-bond acceptors (Lipinski definition) is 2. The lowest BCUT2D eigenvalue weighted by atomic mass is 10.1. The van der Waals surface area contributed by atoms with E-state index in [1.807, 2.05) is 18.2 Å². The molecule has 1 amide bonds. The number of phenolic OH excluding ortho intramolecular Hbond substituents is 1. The standard InChI is InChI=1S/C15H14ClNO2/c1-17(10-11-6-2-4-8-13(11)16)15(19)12-7-3-5-9-14(12)18/h2-9,18H,10H2,1H3. The van der Waals surface area contributed by atoms with Gasteiger partial charge in [-0.15, -0.1) is 0 Å². The van der Waals surface area contributed by atoms with Gasteiger partial charge in [-0.3, -0.25) is 4.79 Å². The first-order valence-corrected chi connectivity index (χ1v) is 6.24. The lowest BCUT2D eigenvalue weighted by molar-refractivity contribution is 0.0782. The van der Waals surface area contributed by atoms with Gasteiger partial charge in [-0.25, -0.2) is 0 Å². The van der Waals surface area contributed by atoms with Crippen molar-refractivity contribution < 1.29 is 9.90 Å². The Morgan fingerprint density at radius 3 is 2.47 bits per heavy atom. The Morgan fingerprint density at radius 1 is 1.16 bits per heavy atom. The molecule has 4 heteroatoms. The number of hydrogen-bond donors (Lipinski definition) is 1. The number of carbonyl (C=O) groups is 1. The number of halogens is 1. The monoisotopic (exact) mass is 275 g/mol. The van der Waals surface area contributed by atoms with E-state index in [0.29, 0.717) is 11.6 Å². The van der Waals surface area contributed by atoms with Crippen molar-refractivity contribution in [2.75, 3.05) is 7.05 Å². The summed E-state index contributed by atoms with van der Waals surface area (Å²) in [5, 5.41) is 10.3. The number of amides is 1. The lowest BCUT2D eigenvalue weighted by Crippen LogP contribution is -2.26. The summed E-state index contributed by atoms with van der Waals surface area (Å²) in [6, 6.07) is 13.9. The molecule has 0 saturated heterocycles. The van der Waals surface area contributed by atoms with Crippen molar-refractivity contribution in [2.45, 2.75) is 6.54 Å². The van der Waals surface area contributed by atoms with Crippen molar-refractivity contribution >= 4 is 17.5 Å². The summed E-state index contributed by atoms with van der Waals surface area (Å²) >= 11 is 6.06. The first-order chi connectivity index (χ1) is 9.09. The molecule has 0 bridgehead atoms. The van der Waals surface area contributed by atoms with Crippen LogP contribution in [0.25, 0.3) is 0 Å². The molecule has 0 aromatic heterocycles. The largest absolute Gasteiger partial charge is 0.507 e. The van der Waals surface area contributed by atoms with Gasteiger partial charge in [0.25, 0.3) is 5.91 Å². The van der Waals surface area contributed by atoms with Crippen LogP contribution in [-0.2, 0) is 6.54 Å². The van der Waals surface area contributed by atoms with Crippen LogP contribution >= 0.6 is 11.6 Å². The van der Waals surface area contributed by atoms with Crippen LogP contribution < -0.4 is 0 Å². The summed E-state index contributed by atoms with van der Waals surface area (Å²) in [6.45, 7) is 0.396. The zero-order valence-corrected chi connectivity index (χ0v) is 11.3. The van der Waals surface area contributed by atoms with Crippen LogP contribution in [0.3, 0.4) is 0 Å². The second-order valence-electron chi connectivity index (χ2n) is 4.27. The van der Waals surface area contributed by atoms with Crippen LogP contribution in [0.5, 0.6) is 5.75 Å². The molecule has 2 aromatic rings. The second-order valence-corrected chi connectivity index (χ2v) is 4.68. The number of rotatable bonds is 3. The Balaban J connectivity index is 2.17. The lowest BCUT2D eigenvalue weighted by Gasteiger charge is -2.18. The minimum atomic E-state index is -0.238. The third-order valence-corrected chi connectivity index (χ3v) is 3.22. The first-order valence-electron chi connectivity index (χ1n) is 5.86. The molecule has 0 atom stereocenters. The highest BCUT2D eigenvalue weighted by molar-refractivity contribution is 6.31. The molecule has 0 unspecified atom stereocenters. The van der Waals surface area contributed by atoms with Crippen LogP contribution in [0.1, 0.15) is 15.9 Å². The van der Waals surface area contributed by atoms with E-state index in [2.05, 4.69) is 0 Å². The molecule has 19 heavy (non-hydrogen) atoms. The van der Waals surface area contributed by atoms with Gasteiger partial charge in [0, 0.05) is 18.6 Å². The fourth-order valence-corrected chi connectivity index (χ4v) is 2.01. The predicted molar refractivity (Wildman–Crippen MR) is 75.4 cm³/mol. The van der Waals surface area contributed by atoms with Crippen molar-refractivity contribution in [2.24, 2.45) is 0 Å². The summed E-state index contributed by atoms with van der Waals surface area (Å²) in [6.07, 6.45) is 0. The minimum Gasteiger partial charge on any atom is -0.507 e. The number of aromatic hydroxyl groups is 1. The maximum Gasteiger partial charge on any atom is 0.257 e. The molecule has 0 spiro atoms. The SMILES string of the molecule is CN(Cc1ccccc1Cl)C(=O)c1ccccc1O. The average molecular weight is 276 g/mol. The fraction of sp³-hybridized carbons (Fsp3) is 0.133. The molecule has 0 aliphatic carbocycles. The van der Waals surface area contributed by atoms with Crippen LogP contribution in [0.4, 0.5) is 0 Å². The molecular formula is C15H14ClNO2.